The molecule has 2 aliphatic rings. The quantitative estimate of drug-likeness (QED) is 0.836. The molecule has 0 radical (unpaired) electrons. The van der Waals surface area contributed by atoms with Crippen LogP contribution in [-0.4, -0.2) is 41.2 Å². The van der Waals surface area contributed by atoms with Crippen LogP contribution in [0.3, 0.4) is 0 Å². The number of amides is 2. The molecule has 4 nitrogen and oxygen atoms in total. The Morgan fingerprint density at radius 1 is 1.12 bits per heavy atom. The first kappa shape index (κ1) is 17.0. The van der Waals surface area contributed by atoms with Crippen LogP contribution in [0.25, 0.3) is 0 Å². The number of benzene rings is 1. The summed E-state index contributed by atoms with van der Waals surface area (Å²) in [7, 11) is 1.84. The molecule has 3 rings (SSSR count). The molecule has 0 N–H and O–H groups in total. The van der Waals surface area contributed by atoms with Gasteiger partial charge in [-0.3, -0.25) is 9.59 Å². The number of hydrogen-bond donors (Lipinski definition) is 0. The molecular formula is C20H28N2O2. The number of hydrogen-bond acceptors (Lipinski definition) is 2. The number of piperidine rings is 2. The molecule has 0 aliphatic carbocycles. The maximum absolute atomic E-state index is 13.3. The molecule has 4 heteroatoms. The SMILES string of the molecule is Cc1ccc([C@@H]2[C@H](C(=O)N3CCCC[C@@H]3C)CCC(=O)N2C)cc1. The summed E-state index contributed by atoms with van der Waals surface area (Å²) < 4.78 is 0. The lowest BCUT2D eigenvalue weighted by Crippen LogP contribution is -2.51. The van der Waals surface area contributed by atoms with Gasteiger partial charge < -0.3 is 9.80 Å². The molecule has 2 fully saturated rings. The zero-order valence-corrected chi connectivity index (χ0v) is 15.0. The molecule has 2 saturated heterocycles. The average molecular weight is 328 g/mol. The van der Waals surface area contributed by atoms with Crippen LogP contribution < -0.4 is 0 Å². The fourth-order valence-corrected chi connectivity index (χ4v) is 4.15. The summed E-state index contributed by atoms with van der Waals surface area (Å²) in [4.78, 5) is 29.3. The minimum absolute atomic E-state index is 0.129. The standard InChI is InChI=1S/C20H28N2O2/c1-14-7-9-16(10-8-14)19-17(11-12-18(23)21(19)3)20(24)22-13-5-4-6-15(22)2/h7-10,15,17,19H,4-6,11-13H2,1-3H3/t15-,17+,19+/m0/s1. The molecule has 0 aromatic heterocycles. The molecule has 0 saturated carbocycles. The molecular weight excluding hydrogens is 300 g/mol. The first-order chi connectivity index (χ1) is 11.5. The van der Waals surface area contributed by atoms with Gasteiger partial charge in [-0.15, -0.1) is 0 Å². The molecule has 1 aromatic rings. The Balaban J connectivity index is 1.89. The second-order valence-electron chi connectivity index (χ2n) is 7.38. The van der Waals surface area contributed by atoms with Crippen molar-refractivity contribution in [2.75, 3.05) is 13.6 Å². The largest absolute Gasteiger partial charge is 0.340 e. The summed E-state index contributed by atoms with van der Waals surface area (Å²) in [6, 6.07) is 8.42. The monoisotopic (exact) mass is 328 g/mol. The number of carbonyl (C=O) groups excluding carboxylic acids is 2. The van der Waals surface area contributed by atoms with E-state index < -0.39 is 0 Å². The Bertz CT molecular complexity index is 611. The van der Waals surface area contributed by atoms with Gasteiger partial charge in [0.15, 0.2) is 0 Å². The smallest absolute Gasteiger partial charge is 0.228 e. The van der Waals surface area contributed by atoms with Crippen LogP contribution in [0.1, 0.15) is 56.2 Å². The van der Waals surface area contributed by atoms with Crippen LogP contribution in [0.15, 0.2) is 24.3 Å². The highest BCUT2D eigenvalue weighted by Crippen LogP contribution is 2.38. The molecule has 130 valence electrons. The van der Waals surface area contributed by atoms with E-state index in [1.165, 1.54) is 12.0 Å². The second-order valence-corrected chi connectivity index (χ2v) is 7.38. The molecule has 2 heterocycles. The highest BCUT2D eigenvalue weighted by Gasteiger charge is 2.41. The van der Waals surface area contributed by atoms with Crippen molar-refractivity contribution >= 4 is 11.8 Å². The molecule has 0 spiro atoms. The Hall–Kier alpha value is -1.84. The summed E-state index contributed by atoms with van der Waals surface area (Å²) in [5, 5.41) is 0. The molecule has 0 unspecified atom stereocenters. The fraction of sp³-hybridized carbons (Fsp3) is 0.600. The molecule has 0 bridgehead atoms. The normalized spacial score (nSPS) is 28.1. The summed E-state index contributed by atoms with van der Waals surface area (Å²) in [6.45, 7) is 5.06. The summed E-state index contributed by atoms with van der Waals surface area (Å²) >= 11 is 0. The van der Waals surface area contributed by atoms with Crippen molar-refractivity contribution in [1.29, 1.82) is 0 Å². The van der Waals surface area contributed by atoms with Crippen LogP contribution in [0, 0.1) is 12.8 Å². The van der Waals surface area contributed by atoms with Crippen molar-refractivity contribution in [1.82, 2.24) is 9.80 Å². The van der Waals surface area contributed by atoms with Crippen molar-refractivity contribution in [2.24, 2.45) is 5.92 Å². The van der Waals surface area contributed by atoms with Gasteiger partial charge in [-0.05, 0) is 45.1 Å². The Labute approximate surface area is 144 Å². The van der Waals surface area contributed by atoms with Gasteiger partial charge in [-0.2, -0.15) is 0 Å². The van der Waals surface area contributed by atoms with Gasteiger partial charge in [0.2, 0.25) is 11.8 Å². The third-order valence-electron chi connectivity index (χ3n) is 5.68. The predicted octanol–water partition coefficient (Wildman–Crippen LogP) is 3.31. The third-order valence-corrected chi connectivity index (χ3v) is 5.68. The number of rotatable bonds is 2. The highest BCUT2D eigenvalue weighted by atomic mass is 16.2. The zero-order valence-electron chi connectivity index (χ0n) is 15.0. The van der Waals surface area contributed by atoms with E-state index in [1.807, 2.05) is 7.05 Å². The molecule has 3 atom stereocenters. The lowest BCUT2D eigenvalue weighted by molar-refractivity contribution is -0.148. The van der Waals surface area contributed by atoms with E-state index >= 15 is 0 Å². The average Bonchev–Trinajstić information content (AvgIpc) is 2.58. The Morgan fingerprint density at radius 2 is 1.83 bits per heavy atom. The van der Waals surface area contributed by atoms with Gasteiger partial charge in [-0.25, -0.2) is 0 Å². The number of likely N-dealkylation sites (tertiary alicyclic amines) is 2. The Morgan fingerprint density at radius 3 is 2.50 bits per heavy atom. The second kappa shape index (κ2) is 6.96. The molecule has 2 amide bonds. The van der Waals surface area contributed by atoms with Crippen molar-refractivity contribution in [3.8, 4) is 0 Å². The number of nitrogens with zero attached hydrogens (tertiary/aromatic N) is 2. The highest BCUT2D eigenvalue weighted by molar-refractivity contribution is 5.85. The maximum atomic E-state index is 13.3. The minimum atomic E-state index is -0.145. The lowest BCUT2D eigenvalue weighted by Gasteiger charge is -2.43. The lowest BCUT2D eigenvalue weighted by atomic mass is 9.82. The van der Waals surface area contributed by atoms with Crippen molar-refractivity contribution < 1.29 is 9.59 Å². The first-order valence-corrected chi connectivity index (χ1v) is 9.11. The van der Waals surface area contributed by atoms with E-state index in [9.17, 15) is 9.59 Å². The first-order valence-electron chi connectivity index (χ1n) is 9.11. The predicted molar refractivity (Wildman–Crippen MR) is 94.4 cm³/mol. The van der Waals surface area contributed by atoms with Crippen LogP contribution in [0.5, 0.6) is 0 Å². The van der Waals surface area contributed by atoms with E-state index in [-0.39, 0.29) is 23.8 Å². The van der Waals surface area contributed by atoms with Crippen molar-refractivity contribution in [2.45, 2.75) is 58.0 Å². The molecule has 1 aromatic carbocycles. The topological polar surface area (TPSA) is 40.6 Å². The van der Waals surface area contributed by atoms with Gasteiger partial charge in [-0.1, -0.05) is 29.8 Å². The Kier molecular flexibility index (Phi) is 4.93. The van der Waals surface area contributed by atoms with Gasteiger partial charge in [0, 0.05) is 26.1 Å². The molecule has 2 aliphatic heterocycles. The zero-order chi connectivity index (χ0) is 17.3. The maximum Gasteiger partial charge on any atom is 0.228 e. The van der Waals surface area contributed by atoms with E-state index in [2.05, 4.69) is 43.0 Å². The molecule has 24 heavy (non-hydrogen) atoms. The number of aryl methyl sites for hydroxylation is 1. The van der Waals surface area contributed by atoms with Gasteiger partial charge in [0.1, 0.15) is 0 Å². The van der Waals surface area contributed by atoms with Crippen LogP contribution >= 0.6 is 0 Å². The third kappa shape index (κ3) is 3.19. The van der Waals surface area contributed by atoms with Gasteiger partial charge in [0.05, 0.1) is 12.0 Å². The summed E-state index contributed by atoms with van der Waals surface area (Å²) in [6.07, 6.45) is 4.51. The van der Waals surface area contributed by atoms with E-state index in [0.717, 1.165) is 24.9 Å². The van der Waals surface area contributed by atoms with E-state index in [1.54, 1.807) is 4.90 Å². The summed E-state index contributed by atoms with van der Waals surface area (Å²) in [5.74, 6) is 0.236. The summed E-state index contributed by atoms with van der Waals surface area (Å²) in [5.41, 5.74) is 2.26. The van der Waals surface area contributed by atoms with Crippen molar-refractivity contribution in [3.63, 3.8) is 0 Å². The number of carbonyl (C=O) groups is 2. The minimum Gasteiger partial charge on any atom is -0.340 e. The van der Waals surface area contributed by atoms with Gasteiger partial charge >= 0.3 is 0 Å². The van der Waals surface area contributed by atoms with E-state index in [4.69, 9.17) is 0 Å². The van der Waals surface area contributed by atoms with Crippen LogP contribution in [-0.2, 0) is 9.59 Å². The van der Waals surface area contributed by atoms with Gasteiger partial charge in [0.25, 0.3) is 0 Å². The van der Waals surface area contributed by atoms with Crippen LogP contribution in [0.4, 0.5) is 0 Å². The fourth-order valence-electron chi connectivity index (χ4n) is 4.15. The van der Waals surface area contributed by atoms with Crippen LogP contribution in [0.2, 0.25) is 0 Å². The van der Waals surface area contributed by atoms with E-state index in [0.29, 0.717) is 18.9 Å². The van der Waals surface area contributed by atoms with Crippen molar-refractivity contribution in [3.05, 3.63) is 35.4 Å².